The molecular weight excluding hydrogens is 412 g/mol. The lowest BCUT2D eigenvalue weighted by Crippen LogP contribution is -2.29. The van der Waals surface area contributed by atoms with Crippen molar-refractivity contribution in [3.63, 3.8) is 0 Å². The summed E-state index contributed by atoms with van der Waals surface area (Å²) < 4.78 is 11.9. The Hall–Kier alpha value is -3.71. The molecule has 32 heavy (non-hydrogen) atoms. The van der Waals surface area contributed by atoms with Crippen molar-refractivity contribution < 1.29 is 29.6 Å². The lowest BCUT2D eigenvalue weighted by molar-refractivity contribution is 0.153. The fraction of sp³-hybridized carbons (Fsp3) is 0.240. The van der Waals surface area contributed by atoms with Gasteiger partial charge in [-0.25, -0.2) is 0 Å². The first kappa shape index (κ1) is 21.5. The molecule has 1 aromatic heterocycles. The Kier molecular flexibility index (Phi) is 5.02. The molecule has 7 heteroatoms. The predicted octanol–water partition coefficient (Wildman–Crippen LogP) is 4.24. The van der Waals surface area contributed by atoms with Crippen molar-refractivity contribution in [2.45, 2.75) is 38.9 Å². The zero-order valence-electron chi connectivity index (χ0n) is 18.0. The summed E-state index contributed by atoms with van der Waals surface area (Å²) >= 11 is 0. The molecule has 0 bridgehead atoms. The number of benzene rings is 2. The van der Waals surface area contributed by atoms with E-state index in [4.69, 9.17) is 9.15 Å². The quantitative estimate of drug-likeness (QED) is 0.452. The van der Waals surface area contributed by atoms with Crippen LogP contribution >= 0.6 is 0 Å². The van der Waals surface area contributed by atoms with Crippen molar-refractivity contribution >= 4 is 17.0 Å². The number of aromatic hydroxyl groups is 3. The van der Waals surface area contributed by atoms with Crippen LogP contribution in [-0.4, -0.2) is 32.1 Å². The number of ether oxygens (including phenoxy) is 1. The van der Waals surface area contributed by atoms with E-state index in [1.807, 2.05) is 19.9 Å². The molecule has 4 rings (SSSR count). The summed E-state index contributed by atoms with van der Waals surface area (Å²) in [5, 5.41) is 41.3. The van der Waals surface area contributed by atoms with E-state index in [0.717, 1.165) is 6.07 Å². The minimum atomic E-state index is -0.962. The molecule has 166 valence electrons. The summed E-state index contributed by atoms with van der Waals surface area (Å²) in [6, 6.07) is 3.83. The second-order valence-corrected chi connectivity index (χ2v) is 8.56. The Bertz CT molecular complexity index is 1340. The van der Waals surface area contributed by atoms with Crippen molar-refractivity contribution in [3.8, 4) is 34.1 Å². The monoisotopic (exact) mass is 436 g/mol. The summed E-state index contributed by atoms with van der Waals surface area (Å²) in [6.45, 7) is 9.12. The standard InChI is InChI=1S/C25H24O7/c1-12(2)18(27)10-16-21(29)20-22(30)17(14-6-5-13(26)9-19(14)28)11-31-24(20)15-7-8-25(3,4)32-23(15)16/h5-9,11,18,26-29H,1,10H2,2-4H3/t18-/m0/s1. The van der Waals surface area contributed by atoms with Crippen LogP contribution in [0.3, 0.4) is 0 Å². The minimum absolute atomic E-state index is 0.0117. The van der Waals surface area contributed by atoms with E-state index in [1.54, 1.807) is 13.0 Å². The van der Waals surface area contributed by atoms with Crippen molar-refractivity contribution in [2.75, 3.05) is 0 Å². The van der Waals surface area contributed by atoms with Crippen LogP contribution in [0.2, 0.25) is 0 Å². The SMILES string of the molecule is C=C(C)[C@@H](O)Cc1c2c(c3occ(-c4ccc(O)cc4O)c(=O)c3c1O)C=CC(C)(C)O2. The molecule has 0 saturated heterocycles. The molecule has 4 N–H and O–H groups in total. The van der Waals surface area contributed by atoms with E-state index in [1.165, 1.54) is 18.4 Å². The number of phenols is 3. The average Bonchev–Trinajstić information content (AvgIpc) is 2.70. The predicted molar refractivity (Wildman–Crippen MR) is 121 cm³/mol. The fourth-order valence-corrected chi connectivity index (χ4v) is 3.74. The molecule has 1 atom stereocenters. The highest BCUT2D eigenvalue weighted by Gasteiger charge is 2.31. The molecule has 0 spiro atoms. The fourth-order valence-electron chi connectivity index (χ4n) is 3.74. The van der Waals surface area contributed by atoms with Gasteiger partial charge in [0.1, 0.15) is 40.2 Å². The second-order valence-electron chi connectivity index (χ2n) is 8.56. The van der Waals surface area contributed by atoms with Gasteiger partial charge in [-0.2, -0.15) is 0 Å². The molecular formula is C25H24O7. The van der Waals surface area contributed by atoms with Gasteiger partial charge in [-0.1, -0.05) is 12.2 Å². The lowest BCUT2D eigenvalue weighted by Gasteiger charge is -2.30. The zero-order valence-corrected chi connectivity index (χ0v) is 18.0. The maximum Gasteiger partial charge on any atom is 0.204 e. The molecule has 2 heterocycles. The number of hydrogen-bond acceptors (Lipinski definition) is 7. The van der Waals surface area contributed by atoms with Gasteiger partial charge in [-0.05, 0) is 45.1 Å². The number of fused-ring (bicyclic) bond motifs is 3. The van der Waals surface area contributed by atoms with Crippen LogP contribution in [0.15, 0.2) is 51.9 Å². The Morgan fingerprint density at radius 3 is 2.56 bits per heavy atom. The molecule has 0 aliphatic carbocycles. The van der Waals surface area contributed by atoms with E-state index in [-0.39, 0.29) is 51.3 Å². The third-order valence-corrected chi connectivity index (χ3v) is 5.53. The summed E-state index contributed by atoms with van der Waals surface area (Å²) in [7, 11) is 0. The molecule has 0 saturated carbocycles. The van der Waals surface area contributed by atoms with Crippen LogP contribution < -0.4 is 10.2 Å². The normalized spacial score (nSPS) is 15.2. The van der Waals surface area contributed by atoms with E-state index >= 15 is 0 Å². The molecule has 7 nitrogen and oxygen atoms in total. The first-order valence-corrected chi connectivity index (χ1v) is 10.1. The molecule has 1 aliphatic heterocycles. The lowest BCUT2D eigenvalue weighted by atomic mass is 9.92. The Balaban J connectivity index is 2.05. The van der Waals surface area contributed by atoms with Crippen LogP contribution in [0, 0.1) is 0 Å². The summed E-state index contributed by atoms with van der Waals surface area (Å²) in [4.78, 5) is 13.4. The van der Waals surface area contributed by atoms with Crippen molar-refractivity contribution in [3.05, 3.63) is 64.0 Å². The van der Waals surface area contributed by atoms with Gasteiger partial charge in [0.2, 0.25) is 5.43 Å². The maximum absolute atomic E-state index is 13.4. The summed E-state index contributed by atoms with van der Waals surface area (Å²) in [5.41, 5.74) is 0.276. The average molecular weight is 436 g/mol. The Morgan fingerprint density at radius 1 is 1.19 bits per heavy atom. The van der Waals surface area contributed by atoms with Gasteiger partial charge >= 0.3 is 0 Å². The van der Waals surface area contributed by atoms with Crippen LogP contribution in [0.1, 0.15) is 31.9 Å². The van der Waals surface area contributed by atoms with Gasteiger partial charge in [-0.3, -0.25) is 4.79 Å². The number of hydrogen-bond donors (Lipinski definition) is 4. The zero-order chi connectivity index (χ0) is 23.4. The van der Waals surface area contributed by atoms with Gasteiger partial charge in [0.15, 0.2) is 5.58 Å². The van der Waals surface area contributed by atoms with Gasteiger partial charge < -0.3 is 29.6 Å². The second kappa shape index (κ2) is 7.46. The van der Waals surface area contributed by atoms with Crippen LogP contribution in [-0.2, 0) is 6.42 Å². The number of phenolic OH excluding ortho intramolecular Hbond substituents is 3. The topological polar surface area (TPSA) is 120 Å². The smallest absolute Gasteiger partial charge is 0.204 e. The first-order valence-electron chi connectivity index (χ1n) is 10.1. The largest absolute Gasteiger partial charge is 0.508 e. The van der Waals surface area contributed by atoms with E-state index in [2.05, 4.69) is 6.58 Å². The van der Waals surface area contributed by atoms with E-state index in [0.29, 0.717) is 16.9 Å². The van der Waals surface area contributed by atoms with Crippen LogP contribution in [0.4, 0.5) is 0 Å². The Labute approximate surface area is 184 Å². The van der Waals surface area contributed by atoms with Gasteiger partial charge in [0.25, 0.3) is 0 Å². The van der Waals surface area contributed by atoms with Crippen molar-refractivity contribution in [1.29, 1.82) is 0 Å². The molecule has 1 aliphatic rings. The first-order chi connectivity index (χ1) is 15.0. The van der Waals surface area contributed by atoms with Gasteiger partial charge in [0.05, 0.1) is 17.2 Å². The van der Waals surface area contributed by atoms with Crippen LogP contribution in [0.5, 0.6) is 23.0 Å². The van der Waals surface area contributed by atoms with Gasteiger partial charge in [-0.15, -0.1) is 0 Å². The third-order valence-electron chi connectivity index (χ3n) is 5.53. The highest BCUT2D eigenvalue weighted by Crippen LogP contribution is 2.45. The number of aliphatic hydroxyl groups excluding tert-OH is 1. The number of aliphatic hydroxyl groups is 1. The van der Waals surface area contributed by atoms with Crippen molar-refractivity contribution in [2.24, 2.45) is 0 Å². The maximum atomic E-state index is 13.4. The number of rotatable bonds is 4. The molecule has 0 fully saturated rings. The summed E-state index contributed by atoms with van der Waals surface area (Å²) in [6.07, 6.45) is 3.79. The summed E-state index contributed by atoms with van der Waals surface area (Å²) in [5.74, 6) is -0.503. The van der Waals surface area contributed by atoms with Gasteiger partial charge in [0, 0.05) is 23.6 Å². The highest BCUT2D eigenvalue weighted by atomic mass is 16.5. The molecule has 3 aromatic rings. The van der Waals surface area contributed by atoms with Crippen molar-refractivity contribution in [1.82, 2.24) is 0 Å². The minimum Gasteiger partial charge on any atom is -0.508 e. The molecule has 2 aromatic carbocycles. The third kappa shape index (κ3) is 3.50. The Morgan fingerprint density at radius 2 is 1.91 bits per heavy atom. The molecule has 0 unspecified atom stereocenters. The van der Waals surface area contributed by atoms with E-state index in [9.17, 15) is 25.2 Å². The molecule has 0 amide bonds. The van der Waals surface area contributed by atoms with Crippen LogP contribution in [0.25, 0.3) is 28.2 Å². The van der Waals surface area contributed by atoms with E-state index < -0.39 is 17.1 Å². The highest BCUT2D eigenvalue weighted by molar-refractivity contribution is 5.97. The molecule has 0 radical (unpaired) electrons.